The van der Waals surface area contributed by atoms with E-state index in [1.54, 1.807) is 14.0 Å². The van der Waals surface area contributed by atoms with Crippen LogP contribution >= 0.6 is 0 Å². The summed E-state index contributed by atoms with van der Waals surface area (Å²) in [6.45, 7) is 2.04. The number of likely N-dealkylation sites (tertiary alicyclic amines) is 1. The second-order valence-corrected chi connectivity index (χ2v) is 5.24. The molecule has 0 radical (unpaired) electrons. The van der Waals surface area contributed by atoms with Crippen LogP contribution < -0.4 is 4.72 Å². The molecule has 1 atom stereocenters. The molecule has 1 unspecified atom stereocenters. The molecule has 1 aliphatic rings. The van der Waals surface area contributed by atoms with E-state index in [4.69, 9.17) is 0 Å². The Hall–Kier alpha value is -0.620. The first kappa shape index (κ1) is 10.5. The van der Waals surface area contributed by atoms with E-state index in [0.29, 0.717) is 6.54 Å². The minimum absolute atomic E-state index is 0.0104. The molecule has 1 aliphatic heterocycles. The number of hydrogen-bond donors (Lipinski definition) is 1. The van der Waals surface area contributed by atoms with Gasteiger partial charge in [-0.2, -0.15) is 0 Å². The summed E-state index contributed by atoms with van der Waals surface area (Å²) >= 11 is 0. The Morgan fingerprint density at radius 1 is 1.62 bits per heavy atom. The van der Waals surface area contributed by atoms with E-state index in [9.17, 15) is 13.2 Å². The van der Waals surface area contributed by atoms with Crippen molar-refractivity contribution in [1.29, 1.82) is 0 Å². The van der Waals surface area contributed by atoms with E-state index in [0.717, 1.165) is 0 Å². The zero-order chi connectivity index (χ0) is 10.1. The molecular weight excluding hydrogens is 192 g/mol. The number of carbonyl (C=O) groups excluding carboxylic acids is 1. The number of nitrogens with one attached hydrogen (secondary N) is 1. The maximum Gasteiger partial charge on any atom is 0.224 e. The number of rotatable bonds is 3. The van der Waals surface area contributed by atoms with Gasteiger partial charge in [0.25, 0.3) is 0 Å². The highest BCUT2D eigenvalue weighted by atomic mass is 32.2. The number of amides is 1. The van der Waals surface area contributed by atoms with Gasteiger partial charge in [-0.1, -0.05) is 0 Å². The zero-order valence-corrected chi connectivity index (χ0v) is 8.60. The summed E-state index contributed by atoms with van der Waals surface area (Å²) in [6.07, 6.45) is 0.274. The van der Waals surface area contributed by atoms with Gasteiger partial charge in [0.15, 0.2) is 0 Å². The number of nitrogens with zero attached hydrogens (tertiary/aromatic N) is 1. The molecule has 1 saturated heterocycles. The second-order valence-electron chi connectivity index (χ2n) is 3.20. The normalized spacial score (nSPS) is 24.0. The lowest BCUT2D eigenvalue weighted by Gasteiger charge is -2.11. The molecule has 6 heteroatoms. The molecular formula is C7H14N2O3S. The molecule has 0 spiro atoms. The first-order valence-electron chi connectivity index (χ1n) is 4.18. The average Bonchev–Trinajstić information content (AvgIpc) is 2.30. The van der Waals surface area contributed by atoms with Crippen LogP contribution in [0.2, 0.25) is 0 Å². The van der Waals surface area contributed by atoms with Crippen LogP contribution in [0.15, 0.2) is 0 Å². The molecule has 13 heavy (non-hydrogen) atoms. The van der Waals surface area contributed by atoms with Gasteiger partial charge < -0.3 is 4.90 Å². The largest absolute Gasteiger partial charge is 0.344 e. The summed E-state index contributed by atoms with van der Waals surface area (Å²) in [4.78, 5) is 12.6. The summed E-state index contributed by atoms with van der Waals surface area (Å²) in [5, 5.41) is 0. The lowest BCUT2D eigenvalue weighted by Crippen LogP contribution is -2.37. The van der Waals surface area contributed by atoms with Crippen LogP contribution in [-0.2, 0) is 14.8 Å². The van der Waals surface area contributed by atoms with Gasteiger partial charge in [-0.25, -0.2) is 13.1 Å². The Kier molecular flexibility index (Phi) is 2.92. The highest BCUT2D eigenvalue weighted by Crippen LogP contribution is 2.09. The van der Waals surface area contributed by atoms with Crippen molar-refractivity contribution in [3.63, 3.8) is 0 Å². The smallest absolute Gasteiger partial charge is 0.224 e. The topological polar surface area (TPSA) is 66.5 Å². The standard InChI is InChI=1S/C7H14N2O3S/c1-3-13(11,12)8-6-4-7(10)9(2)5-6/h6,8H,3-5H2,1-2H3. The first-order chi connectivity index (χ1) is 5.94. The Bertz CT molecular complexity index is 299. The van der Waals surface area contributed by atoms with E-state index in [1.807, 2.05) is 0 Å². The fraction of sp³-hybridized carbons (Fsp3) is 0.857. The Morgan fingerprint density at radius 2 is 2.23 bits per heavy atom. The molecule has 0 aliphatic carbocycles. The van der Waals surface area contributed by atoms with Gasteiger partial charge in [0.05, 0.1) is 5.75 Å². The van der Waals surface area contributed by atoms with Crippen LogP contribution in [0.3, 0.4) is 0 Å². The Balaban J connectivity index is 2.54. The predicted octanol–water partition coefficient (Wildman–Crippen LogP) is -0.844. The van der Waals surface area contributed by atoms with Crippen molar-refractivity contribution in [3.05, 3.63) is 0 Å². The summed E-state index contributed by atoms with van der Waals surface area (Å²) in [5.74, 6) is 0.0466. The van der Waals surface area contributed by atoms with E-state index in [2.05, 4.69) is 4.72 Å². The van der Waals surface area contributed by atoms with Crippen molar-refractivity contribution in [3.8, 4) is 0 Å². The van der Waals surface area contributed by atoms with Crippen molar-refractivity contribution >= 4 is 15.9 Å². The molecule has 1 heterocycles. The maximum absolute atomic E-state index is 11.1. The monoisotopic (exact) mass is 206 g/mol. The van der Waals surface area contributed by atoms with Gasteiger partial charge in [0.2, 0.25) is 15.9 Å². The third kappa shape index (κ3) is 2.67. The highest BCUT2D eigenvalue weighted by molar-refractivity contribution is 7.89. The fourth-order valence-electron chi connectivity index (χ4n) is 1.28. The van der Waals surface area contributed by atoms with Crippen molar-refractivity contribution in [2.24, 2.45) is 0 Å². The zero-order valence-electron chi connectivity index (χ0n) is 7.78. The van der Waals surface area contributed by atoms with Crippen molar-refractivity contribution < 1.29 is 13.2 Å². The number of carbonyl (C=O) groups is 1. The summed E-state index contributed by atoms with van der Waals surface area (Å²) in [6, 6.07) is -0.248. The van der Waals surface area contributed by atoms with Crippen molar-refractivity contribution in [2.45, 2.75) is 19.4 Å². The number of sulfonamides is 1. The Labute approximate surface area is 78.2 Å². The van der Waals surface area contributed by atoms with Gasteiger partial charge in [0.1, 0.15) is 0 Å². The lowest BCUT2D eigenvalue weighted by molar-refractivity contribution is -0.126. The quantitative estimate of drug-likeness (QED) is 0.654. The van der Waals surface area contributed by atoms with Gasteiger partial charge in [-0.05, 0) is 6.92 Å². The van der Waals surface area contributed by atoms with E-state index in [-0.39, 0.29) is 24.1 Å². The van der Waals surface area contributed by atoms with Gasteiger partial charge in [-0.15, -0.1) is 0 Å². The molecule has 1 rings (SSSR count). The molecule has 5 nitrogen and oxygen atoms in total. The minimum Gasteiger partial charge on any atom is -0.344 e. The first-order valence-corrected chi connectivity index (χ1v) is 5.84. The fourth-order valence-corrected chi connectivity index (χ4v) is 2.11. The van der Waals surface area contributed by atoms with Crippen LogP contribution in [0.25, 0.3) is 0 Å². The van der Waals surface area contributed by atoms with Crippen LogP contribution in [0.5, 0.6) is 0 Å². The second kappa shape index (κ2) is 3.63. The maximum atomic E-state index is 11.1. The van der Waals surface area contributed by atoms with E-state index < -0.39 is 10.0 Å². The molecule has 0 aromatic carbocycles. The molecule has 1 fully saturated rings. The van der Waals surface area contributed by atoms with Gasteiger partial charge >= 0.3 is 0 Å². The summed E-state index contributed by atoms with van der Waals surface area (Å²) < 4.78 is 24.7. The SMILES string of the molecule is CCS(=O)(=O)NC1CC(=O)N(C)C1. The summed E-state index contributed by atoms with van der Waals surface area (Å²) in [5.41, 5.74) is 0. The molecule has 0 aromatic heterocycles. The summed E-state index contributed by atoms with van der Waals surface area (Å²) in [7, 11) is -1.51. The van der Waals surface area contributed by atoms with Crippen LogP contribution in [0.4, 0.5) is 0 Å². The molecule has 1 amide bonds. The van der Waals surface area contributed by atoms with Crippen molar-refractivity contribution in [2.75, 3.05) is 19.3 Å². The molecule has 76 valence electrons. The van der Waals surface area contributed by atoms with Crippen LogP contribution in [-0.4, -0.2) is 44.6 Å². The van der Waals surface area contributed by atoms with Gasteiger partial charge in [-0.3, -0.25) is 4.79 Å². The third-order valence-corrected chi connectivity index (χ3v) is 3.52. The molecule has 1 N–H and O–H groups in total. The molecule has 0 bridgehead atoms. The Morgan fingerprint density at radius 3 is 2.62 bits per heavy atom. The third-order valence-electron chi connectivity index (χ3n) is 2.07. The number of hydrogen-bond acceptors (Lipinski definition) is 3. The minimum atomic E-state index is -3.18. The van der Waals surface area contributed by atoms with Crippen LogP contribution in [0.1, 0.15) is 13.3 Å². The van der Waals surface area contributed by atoms with Crippen LogP contribution in [0, 0.1) is 0 Å². The van der Waals surface area contributed by atoms with E-state index in [1.165, 1.54) is 4.90 Å². The molecule has 0 aromatic rings. The lowest BCUT2D eigenvalue weighted by atomic mass is 10.3. The van der Waals surface area contributed by atoms with Crippen molar-refractivity contribution in [1.82, 2.24) is 9.62 Å². The molecule has 0 saturated carbocycles. The van der Waals surface area contributed by atoms with Gasteiger partial charge in [0, 0.05) is 26.1 Å². The highest BCUT2D eigenvalue weighted by Gasteiger charge is 2.29. The number of likely N-dealkylation sites (N-methyl/N-ethyl adjacent to an activating group) is 1. The average molecular weight is 206 g/mol. The van der Waals surface area contributed by atoms with E-state index >= 15 is 0 Å². The predicted molar refractivity (Wildman–Crippen MR) is 48.6 cm³/mol.